The number of hydrogen-bond acceptors (Lipinski definition) is 4. The lowest BCUT2D eigenvalue weighted by Crippen LogP contribution is -3.00. The molecular weight excluding hydrogens is 786 g/mol. The summed E-state index contributed by atoms with van der Waals surface area (Å²) in [4.78, 5) is 42.6. The minimum Gasteiger partial charge on any atom is -1.00 e. The third kappa shape index (κ3) is 38.1. The van der Waals surface area contributed by atoms with Gasteiger partial charge in [0, 0.05) is 25.2 Å². The molecule has 0 heterocycles. The van der Waals surface area contributed by atoms with E-state index in [1.54, 1.807) is 0 Å². The number of hydrogen-bond donors (Lipinski definition) is 0. The summed E-state index contributed by atoms with van der Waals surface area (Å²) in [6, 6.07) is 0. The number of halogens is 1. The van der Waals surface area contributed by atoms with Crippen LogP contribution in [0.2, 0.25) is 0 Å². The number of Topliss-reactive ketones (excluding diaryl/α,β-unsaturated/α-hetero) is 2. The number of rotatable bonds is 48. The topological polar surface area (TPSA) is 60.4 Å². The molecule has 368 valence electrons. The van der Waals surface area contributed by atoms with Crippen LogP contribution in [0.5, 0.6) is 0 Å². The molecule has 0 aromatic heterocycles. The van der Waals surface area contributed by atoms with Gasteiger partial charge in [0.25, 0.3) is 0 Å². The van der Waals surface area contributed by atoms with Gasteiger partial charge in [-0.05, 0) is 44.9 Å². The number of esters is 1. The molecule has 0 aliphatic carbocycles. The lowest BCUT2D eigenvalue weighted by molar-refractivity contribution is -0.917. The maximum Gasteiger partial charge on any atom is 0.321 e. The first kappa shape index (κ1) is 62.9. The van der Waals surface area contributed by atoms with E-state index >= 15 is 0 Å². The Labute approximate surface area is 394 Å². The second-order valence-corrected chi connectivity index (χ2v) is 20.1. The van der Waals surface area contributed by atoms with E-state index in [4.69, 9.17) is 4.74 Å². The number of allylic oxidation sites excluding steroid dienone is 2. The monoisotopic (exact) mass is 894 g/mol. The second kappa shape index (κ2) is 46.3. The largest absolute Gasteiger partial charge is 1.00 e. The van der Waals surface area contributed by atoms with Crippen molar-refractivity contribution < 1.29 is 36.0 Å². The fourth-order valence-corrected chi connectivity index (χ4v) is 9.09. The summed E-state index contributed by atoms with van der Waals surface area (Å²) in [5.41, 5.74) is 0. The van der Waals surface area contributed by atoms with Gasteiger partial charge in [0.05, 0.1) is 21.1 Å². The number of carbonyl (C=O) groups is 3. The molecule has 0 aromatic carbocycles. The van der Waals surface area contributed by atoms with Crippen LogP contribution in [-0.4, -0.2) is 49.4 Å². The van der Waals surface area contributed by atoms with Gasteiger partial charge >= 0.3 is 5.97 Å². The Morgan fingerprint density at radius 2 is 0.726 bits per heavy atom. The summed E-state index contributed by atoms with van der Waals surface area (Å²) in [5, 5.41) is 0. The Hall–Kier alpha value is -1.20. The van der Waals surface area contributed by atoms with Gasteiger partial charge in [-0.15, -0.1) is 0 Å². The second-order valence-electron chi connectivity index (χ2n) is 20.1. The molecule has 0 fully saturated rings. The van der Waals surface area contributed by atoms with Crippen LogP contribution >= 0.6 is 0 Å². The van der Waals surface area contributed by atoms with Crippen molar-refractivity contribution in [2.75, 3.05) is 21.1 Å². The smallest absolute Gasteiger partial charge is 0.321 e. The molecule has 0 aliphatic rings. The first-order chi connectivity index (χ1) is 29.6. The Balaban J connectivity index is 0. The Bertz CT molecular complexity index is 1020. The fraction of sp³-hybridized carbons (Fsp3) is 0.911. The van der Waals surface area contributed by atoms with Crippen molar-refractivity contribution in [3.05, 3.63) is 12.2 Å². The molecule has 6 heteroatoms. The third-order valence-electron chi connectivity index (χ3n) is 13.2. The van der Waals surface area contributed by atoms with Crippen LogP contribution < -0.4 is 12.4 Å². The van der Waals surface area contributed by atoms with Crippen LogP contribution in [0.25, 0.3) is 0 Å². The van der Waals surface area contributed by atoms with Crippen LogP contribution in [0.4, 0.5) is 0 Å². The van der Waals surface area contributed by atoms with Gasteiger partial charge in [0.2, 0.25) is 6.23 Å². The molecule has 5 nitrogen and oxygen atoms in total. The molecule has 0 spiro atoms. The molecule has 0 amide bonds. The van der Waals surface area contributed by atoms with E-state index in [0.717, 1.165) is 64.2 Å². The van der Waals surface area contributed by atoms with Crippen molar-refractivity contribution >= 4 is 17.5 Å². The van der Waals surface area contributed by atoms with E-state index in [1.807, 2.05) is 28.1 Å². The normalized spacial score (nSPS) is 13.3. The zero-order valence-electron chi connectivity index (χ0n) is 42.8. The Morgan fingerprint density at radius 1 is 0.419 bits per heavy atom. The van der Waals surface area contributed by atoms with Gasteiger partial charge < -0.3 is 17.1 Å². The molecule has 62 heavy (non-hydrogen) atoms. The Morgan fingerprint density at radius 3 is 1.06 bits per heavy atom. The lowest BCUT2D eigenvalue weighted by atomic mass is 9.79. The van der Waals surface area contributed by atoms with Gasteiger partial charge in [0.1, 0.15) is 17.5 Å². The first-order valence-electron chi connectivity index (χ1n) is 27.4. The number of ketones is 2. The number of unbranched alkanes of at least 4 members (excludes halogenated alkanes) is 33. The lowest BCUT2D eigenvalue weighted by Gasteiger charge is -2.34. The first-order valence-corrected chi connectivity index (χ1v) is 27.4. The molecule has 3 atom stereocenters. The number of quaternary nitrogens is 1. The molecule has 0 aromatic rings. The summed E-state index contributed by atoms with van der Waals surface area (Å²) >= 11 is 0. The molecule has 0 N–H and O–H groups in total. The van der Waals surface area contributed by atoms with Crippen LogP contribution in [0.1, 0.15) is 291 Å². The van der Waals surface area contributed by atoms with E-state index in [2.05, 4.69) is 32.9 Å². The molecule has 0 bridgehead atoms. The van der Waals surface area contributed by atoms with Crippen LogP contribution in [0.3, 0.4) is 0 Å². The fourth-order valence-electron chi connectivity index (χ4n) is 9.09. The third-order valence-corrected chi connectivity index (χ3v) is 13.2. The van der Waals surface area contributed by atoms with Crippen LogP contribution in [0, 0.1) is 11.8 Å². The Kier molecular flexibility index (Phi) is 47.0. The number of nitrogens with zero attached hydrogens (tertiary/aromatic N) is 1. The van der Waals surface area contributed by atoms with Gasteiger partial charge in [-0.2, -0.15) is 0 Å². The summed E-state index contributed by atoms with van der Waals surface area (Å²) in [5.74, 6) is -1.97. The average molecular weight is 895 g/mol. The molecule has 0 saturated carbocycles. The van der Waals surface area contributed by atoms with Crippen molar-refractivity contribution in [2.45, 2.75) is 297 Å². The average Bonchev–Trinajstić information content (AvgIpc) is 3.23. The maximum absolute atomic E-state index is 14.2. The standard InChI is InChI=1S/C56H108NO4.ClH/c1-8-12-15-18-21-24-27-30-33-36-39-42-45-48-51(52(58)49-46-43-40-37-34-31-28-25-22-19-16-13-9-2)55(56(60)61-54(11-4)57(5,6)7)53(59)50-47-44-41-38-35-32-29-26-23-20-17-14-10-3;/h30,33,51,54-55H,8-29,31-32,34-50H2,1-7H3;1H/q+1;/p-1/b33-30-;. The quantitative estimate of drug-likeness (QED) is 0.0152. The van der Waals surface area contributed by atoms with Crippen molar-refractivity contribution in [3.63, 3.8) is 0 Å². The van der Waals surface area contributed by atoms with Crippen molar-refractivity contribution in [3.8, 4) is 0 Å². The maximum atomic E-state index is 14.2. The van der Waals surface area contributed by atoms with Gasteiger partial charge in [-0.3, -0.25) is 18.9 Å². The SMILES string of the molecule is CCCCCCCC/C=C\CCCCCC(C(=O)CCCCCCCCCCCCCCC)C(C(=O)CCCCCCCCCCCCCCC)C(=O)OC(CC)[N+](C)(C)C.[Cl-]. The highest BCUT2D eigenvalue weighted by atomic mass is 35.5. The molecule has 0 saturated heterocycles. The van der Waals surface area contributed by atoms with Crippen molar-refractivity contribution in [1.29, 1.82) is 0 Å². The van der Waals surface area contributed by atoms with E-state index in [-0.39, 0.29) is 30.2 Å². The molecule has 3 unspecified atom stereocenters. The van der Waals surface area contributed by atoms with Crippen molar-refractivity contribution in [1.82, 2.24) is 0 Å². The summed E-state index contributed by atoms with van der Waals surface area (Å²) in [6.45, 7) is 8.85. The van der Waals surface area contributed by atoms with E-state index in [1.165, 1.54) is 173 Å². The van der Waals surface area contributed by atoms with E-state index in [0.29, 0.717) is 30.2 Å². The van der Waals surface area contributed by atoms with Gasteiger partial charge in [-0.1, -0.05) is 239 Å². The summed E-state index contributed by atoms with van der Waals surface area (Å²) in [6.07, 6.45) is 52.2. The molecular formula is C56H108ClNO4. The number of ether oxygens (including phenoxy) is 1. The highest BCUT2D eigenvalue weighted by molar-refractivity contribution is 6.03. The van der Waals surface area contributed by atoms with E-state index < -0.39 is 17.8 Å². The van der Waals surface area contributed by atoms with Gasteiger partial charge in [0.15, 0.2) is 0 Å². The summed E-state index contributed by atoms with van der Waals surface area (Å²) in [7, 11) is 6.10. The molecule has 0 radical (unpaired) electrons. The van der Waals surface area contributed by atoms with Crippen LogP contribution in [-0.2, 0) is 19.1 Å². The van der Waals surface area contributed by atoms with Crippen molar-refractivity contribution in [2.24, 2.45) is 11.8 Å². The zero-order valence-corrected chi connectivity index (χ0v) is 43.6. The van der Waals surface area contributed by atoms with E-state index in [9.17, 15) is 14.4 Å². The van der Waals surface area contributed by atoms with Crippen LogP contribution in [0.15, 0.2) is 12.2 Å². The molecule has 0 rings (SSSR count). The van der Waals surface area contributed by atoms with Gasteiger partial charge in [-0.25, -0.2) is 0 Å². The predicted molar refractivity (Wildman–Crippen MR) is 266 cm³/mol. The predicted octanol–water partition coefficient (Wildman–Crippen LogP) is 14.6. The minimum atomic E-state index is -0.982. The zero-order chi connectivity index (χ0) is 45.1. The highest BCUT2D eigenvalue weighted by Crippen LogP contribution is 2.29. The molecule has 0 aliphatic heterocycles. The minimum absolute atomic E-state index is 0. The summed E-state index contributed by atoms with van der Waals surface area (Å²) < 4.78 is 6.67. The number of carbonyl (C=O) groups excluding carboxylic acids is 3. The highest BCUT2D eigenvalue weighted by Gasteiger charge is 2.41.